The third-order valence-corrected chi connectivity index (χ3v) is 2.11. The monoisotopic (exact) mass is 184 g/mol. The van der Waals surface area contributed by atoms with Gasteiger partial charge in [0, 0.05) is 23.8 Å². The maximum atomic E-state index is 5.44. The van der Waals surface area contributed by atoms with Crippen LogP contribution >= 0.6 is 0 Å². The van der Waals surface area contributed by atoms with Crippen LogP contribution in [0.5, 0.6) is 0 Å². The van der Waals surface area contributed by atoms with Crippen molar-refractivity contribution in [1.82, 2.24) is 4.98 Å². The molecule has 0 fully saturated rings. The number of pyridine rings is 1. The molecule has 0 bridgehead atoms. The molecule has 0 saturated heterocycles. The Morgan fingerprint density at radius 1 is 1.21 bits per heavy atom. The van der Waals surface area contributed by atoms with E-state index in [9.17, 15) is 0 Å². The molecule has 1 aromatic heterocycles. The first kappa shape index (κ1) is 9.00. The number of nitrogens with one attached hydrogen (secondary N) is 1. The normalized spacial score (nSPS) is 10.4. The lowest BCUT2D eigenvalue weighted by atomic mass is 10.2. The van der Waals surface area contributed by atoms with Gasteiger partial charge in [-0.05, 0) is 37.6 Å². The van der Waals surface area contributed by atoms with E-state index in [-0.39, 0.29) is 0 Å². The Balaban J connectivity index is 2.43. The molecule has 2 radical (unpaired) electrons. The molecule has 2 heteroatoms. The number of nitrogens with zero attached hydrogens (tertiary/aromatic N) is 1. The van der Waals surface area contributed by atoms with Crippen molar-refractivity contribution in [3.63, 3.8) is 0 Å². The van der Waals surface area contributed by atoms with Crippen molar-refractivity contribution in [1.29, 1.82) is 0 Å². The standard InChI is InChI=1S/C12H12N2/c1-2-8-13-11-6-3-7-12-10(11)5-4-9-14-12/h1,3-7,9,13H,2,8H2. The molecule has 0 aliphatic carbocycles. The SMILES string of the molecule is [CH]CCNc1cccc2ncccc12. The summed E-state index contributed by atoms with van der Waals surface area (Å²) in [6.07, 6.45) is 2.44. The summed E-state index contributed by atoms with van der Waals surface area (Å²) in [6, 6.07) is 10.0. The Morgan fingerprint density at radius 3 is 3.00 bits per heavy atom. The second kappa shape index (κ2) is 4.09. The van der Waals surface area contributed by atoms with Gasteiger partial charge in [0.15, 0.2) is 0 Å². The zero-order valence-corrected chi connectivity index (χ0v) is 7.90. The molecule has 70 valence electrons. The van der Waals surface area contributed by atoms with Crippen molar-refractivity contribution in [2.75, 3.05) is 11.9 Å². The first-order chi connectivity index (χ1) is 6.92. The molecule has 1 N–H and O–H groups in total. The third kappa shape index (κ3) is 1.69. The van der Waals surface area contributed by atoms with E-state index in [0.29, 0.717) is 6.42 Å². The Kier molecular flexibility index (Phi) is 2.63. The van der Waals surface area contributed by atoms with Gasteiger partial charge in [-0.2, -0.15) is 0 Å². The molecule has 1 heterocycles. The summed E-state index contributed by atoms with van der Waals surface area (Å²) in [6.45, 7) is 6.23. The van der Waals surface area contributed by atoms with E-state index < -0.39 is 0 Å². The van der Waals surface area contributed by atoms with E-state index >= 15 is 0 Å². The van der Waals surface area contributed by atoms with Gasteiger partial charge in [-0.15, -0.1) is 0 Å². The van der Waals surface area contributed by atoms with Gasteiger partial charge in [0.1, 0.15) is 0 Å². The fourth-order valence-electron chi connectivity index (χ4n) is 1.46. The van der Waals surface area contributed by atoms with Gasteiger partial charge >= 0.3 is 0 Å². The van der Waals surface area contributed by atoms with Gasteiger partial charge in [0.25, 0.3) is 0 Å². The number of benzene rings is 1. The highest BCUT2D eigenvalue weighted by Gasteiger charge is 1.98. The minimum Gasteiger partial charge on any atom is -0.384 e. The highest BCUT2D eigenvalue weighted by Crippen LogP contribution is 2.20. The van der Waals surface area contributed by atoms with Crippen LogP contribution in [0.15, 0.2) is 36.5 Å². The number of anilines is 1. The molecule has 0 atom stereocenters. The first-order valence-corrected chi connectivity index (χ1v) is 4.69. The molecule has 0 aliphatic heterocycles. The smallest absolute Gasteiger partial charge is 0.0722 e. The molecule has 0 unspecified atom stereocenters. The fraction of sp³-hybridized carbons (Fsp3) is 0.167. The van der Waals surface area contributed by atoms with Crippen LogP contribution in [0.25, 0.3) is 10.9 Å². The molecule has 2 nitrogen and oxygen atoms in total. The lowest BCUT2D eigenvalue weighted by Gasteiger charge is -2.07. The number of hydrogen-bond acceptors (Lipinski definition) is 2. The predicted molar refractivity (Wildman–Crippen MR) is 59.1 cm³/mol. The van der Waals surface area contributed by atoms with Crippen LogP contribution in [0.2, 0.25) is 0 Å². The Morgan fingerprint density at radius 2 is 2.14 bits per heavy atom. The minimum absolute atomic E-state index is 0.636. The lowest BCUT2D eigenvalue weighted by molar-refractivity contribution is 1.07. The summed E-state index contributed by atoms with van der Waals surface area (Å²) in [5.41, 5.74) is 2.11. The average Bonchev–Trinajstić information content (AvgIpc) is 2.26. The summed E-state index contributed by atoms with van der Waals surface area (Å²) in [5.74, 6) is 0. The quantitative estimate of drug-likeness (QED) is 0.793. The van der Waals surface area contributed by atoms with Crippen LogP contribution in [0.3, 0.4) is 0 Å². The van der Waals surface area contributed by atoms with Crippen molar-refractivity contribution in [3.05, 3.63) is 43.5 Å². The number of hydrogen-bond donors (Lipinski definition) is 1. The van der Waals surface area contributed by atoms with E-state index in [4.69, 9.17) is 6.92 Å². The van der Waals surface area contributed by atoms with Crippen molar-refractivity contribution in [2.24, 2.45) is 0 Å². The maximum Gasteiger partial charge on any atom is 0.0722 e. The van der Waals surface area contributed by atoms with E-state index in [2.05, 4.69) is 16.4 Å². The summed E-state index contributed by atoms with van der Waals surface area (Å²) < 4.78 is 0. The van der Waals surface area contributed by atoms with Crippen LogP contribution in [-0.2, 0) is 0 Å². The molecular formula is C12H12N2. The zero-order valence-electron chi connectivity index (χ0n) is 7.90. The summed E-state index contributed by atoms with van der Waals surface area (Å²) in [5, 5.41) is 4.41. The molecule has 1 aromatic carbocycles. The summed E-state index contributed by atoms with van der Waals surface area (Å²) in [7, 11) is 0. The van der Waals surface area contributed by atoms with E-state index in [1.54, 1.807) is 6.20 Å². The highest BCUT2D eigenvalue weighted by molar-refractivity contribution is 5.91. The van der Waals surface area contributed by atoms with E-state index in [1.807, 2.05) is 24.3 Å². The molecule has 2 aromatic rings. The zero-order chi connectivity index (χ0) is 9.80. The molecule has 14 heavy (non-hydrogen) atoms. The molecule has 0 spiro atoms. The number of aromatic nitrogens is 1. The first-order valence-electron chi connectivity index (χ1n) is 4.69. The third-order valence-electron chi connectivity index (χ3n) is 2.11. The number of fused-ring (bicyclic) bond motifs is 1. The topological polar surface area (TPSA) is 24.9 Å². The maximum absolute atomic E-state index is 5.44. The lowest BCUT2D eigenvalue weighted by Crippen LogP contribution is -2.00. The van der Waals surface area contributed by atoms with Gasteiger partial charge < -0.3 is 5.32 Å². The van der Waals surface area contributed by atoms with Crippen molar-refractivity contribution in [2.45, 2.75) is 6.42 Å². The van der Waals surface area contributed by atoms with E-state index in [0.717, 1.165) is 23.1 Å². The molecule has 0 aliphatic rings. The summed E-state index contributed by atoms with van der Waals surface area (Å²) in [4.78, 5) is 4.28. The average molecular weight is 184 g/mol. The summed E-state index contributed by atoms with van der Waals surface area (Å²) >= 11 is 0. The second-order valence-electron chi connectivity index (χ2n) is 3.09. The van der Waals surface area contributed by atoms with Gasteiger partial charge in [-0.25, -0.2) is 0 Å². The Hall–Kier alpha value is -1.57. The van der Waals surface area contributed by atoms with Crippen LogP contribution in [-0.4, -0.2) is 11.5 Å². The Bertz CT molecular complexity index is 418. The van der Waals surface area contributed by atoms with Gasteiger partial charge in [-0.1, -0.05) is 6.07 Å². The van der Waals surface area contributed by atoms with E-state index in [1.165, 1.54) is 0 Å². The largest absolute Gasteiger partial charge is 0.384 e. The van der Waals surface area contributed by atoms with Crippen LogP contribution in [0, 0.1) is 6.92 Å². The predicted octanol–water partition coefficient (Wildman–Crippen LogP) is 2.75. The highest BCUT2D eigenvalue weighted by atomic mass is 14.9. The van der Waals surface area contributed by atoms with Crippen molar-refractivity contribution in [3.8, 4) is 0 Å². The minimum atomic E-state index is 0.636. The molecular weight excluding hydrogens is 172 g/mol. The van der Waals surface area contributed by atoms with Gasteiger partial charge in [-0.3, -0.25) is 4.98 Å². The molecule has 2 rings (SSSR count). The molecule has 0 amide bonds. The van der Waals surface area contributed by atoms with Crippen LogP contribution in [0.4, 0.5) is 5.69 Å². The van der Waals surface area contributed by atoms with Gasteiger partial charge in [0.2, 0.25) is 0 Å². The number of rotatable bonds is 3. The Labute approximate surface area is 84.0 Å². The van der Waals surface area contributed by atoms with Gasteiger partial charge in [0.05, 0.1) is 5.52 Å². The van der Waals surface area contributed by atoms with Crippen LogP contribution in [0.1, 0.15) is 6.42 Å². The van der Waals surface area contributed by atoms with Crippen molar-refractivity contribution < 1.29 is 0 Å². The van der Waals surface area contributed by atoms with Crippen molar-refractivity contribution >= 4 is 16.6 Å². The second-order valence-corrected chi connectivity index (χ2v) is 3.09. The molecule has 0 saturated carbocycles. The van der Waals surface area contributed by atoms with Crippen LogP contribution < -0.4 is 5.32 Å². The fourth-order valence-corrected chi connectivity index (χ4v) is 1.46.